The van der Waals surface area contributed by atoms with Crippen LogP contribution in [0.25, 0.3) is 0 Å². The minimum Gasteiger partial charge on any atom is -0.315 e. The van der Waals surface area contributed by atoms with E-state index in [1.165, 1.54) is 13.1 Å². The third-order valence-electron chi connectivity index (χ3n) is 5.68. The second-order valence-electron chi connectivity index (χ2n) is 7.17. The Morgan fingerprint density at radius 3 is 2.75 bits per heavy atom. The van der Waals surface area contributed by atoms with Crippen molar-refractivity contribution < 1.29 is 9.59 Å². The van der Waals surface area contributed by atoms with Crippen LogP contribution in [0.1, 0.15) is 36.0 Å². The van der Waals surface area contributed by atoms with Gasteiger partial charge in [-0.1, -0.05) is 12.1 Å². The molecule has 128 valence electrons. The van der Waals surface area contributed by atoms with Crippen LogP contribution in [-0.4, -0.2) is 55.4 Å². The number of carbonyl (C=O) groups is 2. The molecule has 0 radical (unpaired) electrons. The number of ketones is 1. The topological polar surface area (TPSA) is 52.7 Å². The van der Waals surface area contributed by atoms with Gasteiger partial charge in [-0.3, -0.25) is 14.5 Å². The monoisotopic (exact) mass is 327 g/mol. The highest BCUT2D eigenvalue weighted by atomic mass is 16.2. The van der Waals surface area contributed by atoms with Crippen LogP contribution >= 0.6 is 0 Å². The van der Waals surface area contributed by atoms with E-state index in [1.54, 1.807) is 0 Å². The van der Waals surface area contributed by atoms with Crippen LogP contribution in [0.15, 0.2) is 24.3 Å². The molecule has 1 N–H and O–H groups in total. The summed E-state index contributed by atoms with van der Waals surface area (Å²) in [6, 6.07) is 8.27. The molecule has 0 saturated carbocycles. The van der Waals surface area contributed by atoms with Crippen LogP contribution in [0.3, 0.4) is 0 Å². The Labute approximate surface area is 143 Å². The standard InChI is InChI=1S/C19H25N3O2/c23-18-7-8-19(24)22(16-6-2-1-5-15(16)18)10-4-3-9-21-13-14-11-20-12-17(14)21/h1-2,5-6,14,17,20H,3-4,7-13H2/t14-,17+/m1/s1. The molecule has 2 atom stereocenters. The minimum absolute atomic E-state index is 0.0808. The van der Waals surface area contributed by atoms with E-state index < -0.39 is 0 Å². The molecule has 4 rings (SSSR count). The van der Waals surface area contributed by atoms with Gasteiger partial charge in [0, 0.05) is 56.5 Å². The van der Waals surface area contributed by atoms with Gasteiger partial charge in [-0.25, -0.2) is 0 Å². The minimum atomic E-state index is 0.0808. The number of rotatable bonds is 5. The van der Waals surface area contributed by atoms with Gasteiger partial charge in [0.05, 0.1) is 5.69 Å². The van der Waals surface area contributed by atoms with Gasteiger partial charge in [-0.05, 0) is 31.5 Å². The number of nitrogens with zero attached hydrogens (tertiary/aromatic N) is 2. The molecule has 1 aromatic rings. The molecule has 1 aromatic carbocycles. The smallest absolute Gasteiger partial charge is 0.227 e. The molecule has 2 saturated heterocycles. The molecule has 3 aliphatic heterocycles. The van der Waals surface area contributed by atoms with Crippen molar-refractivity contribution in [2.75, 3.05) is 37.6 Å². The summed E-state index contributed by atoms with van der Waals surface area (Å²) in [5, 5.41) is 3.46. The van der Waals surface area contributed by atoms with Crippen LogP contribution in [0, 0.1) is 5.92 Å². The number of anilines is 1. The second kappa shape index (κ2) is 6.65. The molecule has 5 nitrogen and oxygen atoms in total. The Kier molecular flexibility index (Phi) is 4.37. The lowest BCUT2D eigenvalue weighted by Gasteiger charge is -2.43. The largest absolute Gasteiger partial charge is 0.315 e. The Hall–Kier alpha value is -1.72. The lowest BCUT2D eigenvalue weighted by molar-refractivity contribution is -0.118. The summed E-state index contributed by atoms with van der Waals surface area (Å²) in [5.74, 6) is 1.02. The molecule has 3 heterocycles. The van der Waals surface area contributed by atoms with E-state index in [2.05, 4.69) is 10.2 Å². The highest BCUT2D eigenvalue weighted by molar-refractivity contribution is 6.09. The Morgan fingerprint density at radius 2 is 1.88 bits per heavy atom. The number of fused-ring (bicyclic) bond motifs is 2. The lowest BCUT2D eigenvalue weighted by atomic mass is 9.92. The summed E-state index contributed by atoms with van der Waals surface area (Å²) in [6.07, 6.45) is 2.74. The first-order valence-corrected chi connectivity index (χ1v) is 9.11. The zero-order chi connectivity index (χ0) is 16.5. The maximum absolute atomic E-state index is 12.4. The number of benzene rings is 1. The van der Waals surface area contributed by atoms with Crippen LogP contribution in [-0.2, 0) is 4.79 Å². The first-order chi connectivity index (χ1) is 11.7. The van der Waals surface area contributed by atoms with Crippen molar-refractivity contribution in [2.24, 2.45) is 5.92 Å². The molecule has 0 spiro atoms. The van der Waals surface area contributed by atoms with Crippen molar-refractivity contribution in [3.05, 3.63) is 29.8 Å². The van der Waals surface area contributed by atoms with E-state index in [9.17, 15) is 9.59 Å². The molecule has 1 amide bonds. The maximum atomic E-state index is 12.4. The van der Waals surface area contributed by atoms with Crippen molar-refractivity contribution in [3.8, 4) is 0 Å². The van der Waals surface area contributed by atoms with E-state index in [0.717, 1.165) is 43.6 Å². The van der Waals surface area contributed by atoms with Crippen LogP contribution in [0.5, 0.6) is 0 Å². The molecule has 0 aromatic heterocycles. The van der Waals surface area contributed by atoms with Crippen LogP contribution in [0.2, 0.25) is 0 Å². The summed E-state index contributed by atoms with van der Waals surface area (Å²) >= 11 is 0. The zero-order valence-electron chi connectivity index (χ0n) is 14.0. The van der Waals surface area contributed by atoms with Gasteiger partial charge in [0.2, 0.25) is 5.91 Å². The fourth-order valence-electron chi connectivity index (χ4n) is 4.29. The van der Waals surface area contributed by atoms with Gasteiger partial charge in [0.15, 0.2) is 5.78 Å². The number of hydrogen-bond acceptors (Lipinski definition) is 4. The number of para-hydroxylation sites is 1. The number of amides is 1. The number of Topliss-reactive ketones (excluding diaryl/α,β-unsaturated/α-hetero) is 1. The first-order valence-electron chi connectivity index (χ1n) is 9.11. The van der Waals surface area contributed by atoms with E-state index in [0.29, 0.717) is 24.9 Å². The summed E-state index contributed by atoms with van der Waals surface area (Å²) in [5.41, 5.74) is 1.50. The maximum Gasteiger partial charge on any atom is 0.227 e. The quantitative estimate of drug-likeness (QED) is 0.836. The van der Waals surface area contributed by atoms with Crippen molar-refractivity contribution >= 4 is 17.4 Å². The van der Waals surface area contributed by atoms with Crippen LogP contribution < -0.4 is 10.2 Å². The number of hydrogen-bond donors (Lipinski definition) is 1. The SMILES string of the molecule is O=C1CCC(=O)N(CCCCN2C[C@H]3CNC[C@@H]32)c2ccccc21. The molecular weight excluding hydrogens is 302 g/mol. The highest BCUT2D eigenvalue weighted by Crippen LogP contribution is 2.29. The molecule has 3 aliphatic rings. The Balaban J connectivity index is 1.34. The molecule has 0 bridgehead atoms. The lowest BCUT2D eigenvalue weighted by Crippen LogP contribution is -2.55. The normalized spacial score (nSPS) is 26.8. The van der Waals surface area contributed by atoms with Gasteiger partial charge < -0.3 is 10.2 Å². The number of unbranched alkanes of at least 4 members (excludes halogenated alkanes) is 1. The van der Waals surface area contributed by atoms with Gasteiger partial charge in [-0.15, -0.1) is 0 Å². The summed E-state index contributed by atoms with van der Waals surface area (Å²) in [4.78, 5) is 29.0. The van der Waals surface area contributed by atoms with E-state index in [1.807, 2.05) is 29.2 Å². The summed E-state index contributed by atoms with van der Waals surface area (Å²) in [7, 11) is 0. The molecule has 2 fully saturated rings. The van der Waals surface area contributed by atoms with Gasteiger partial charge in [0.1, 0.15) is 0 Å². The van der Waals surface area contributed by atoms with Gasteiger partial charge in [-0.2, -0.15) is 0 Å². The molecule has 0 aliphatic carbocycles. The van der Waals surface area contributed by atoms with Crippen LogP contribution in [0.4, 0.5) is 5.69 Å². The van der Waals surface area contributed by atoms with Crippen molar-refractivity contribution in [1.82, 2.24) is 10.2 Å². The van der Waals surface area contributed by atoms with Gasteiger partial charge >= 0.3 is 0 Å². The average Bonchev–Trinajstić information content (AvgIpc) is 2.91. The third-order valence-corrected chi connectivity index (χ3v) is 5.68. The van der Waals surface area contributed by atoms with E-state index in [4.69, 9.17) is 0 Å². The highest BCUT2D eigenvalue weighted by Gasteiger charge is 2.41. The third kappa shape index (κ3) is 2.87. The number of carbonyl (C=O) groups excluding carboxylic acids is 2. The van der Waals surface area contributed by atoms with Gasteiger partial charge in [0.25, 0.3) is 0 Å². The Bertz CT molecular complexity index is 645. The number of likely N-dealkylation sites (tertiary alicyclic amines) is 1. The first kappa shape index (κ1) is 15.8. The average molecular weight is 327 g/mol. The molecule has 0 unspecified atom stereocenters. The van der Waals surface area contributed by atoms with Crippen molar-refractivity contribution in [3.63, 3.8) is 0 Å². The predicted octanol–water partition coefficient (Wildman–Crippen LogP) is 1.68. The second-order valence-corrected chi connectivity index (χ2v) is 7.17. The molecule has 24 heavy (non-hydrogen) atoms. The summed E-state index contributed by atoms with van der Waals surface area (Å²) in [6.45, 7) is 5.35. The zero-order valence-corrected chi connectivity index (χ0v) is 14.0. The van der Waals surface area contributed by atoms with E-state index in [-0.39, 0.29) is 11.7 Å². The number of nitrogens with one attached hydrogen (secondary N) is 1. The summed E-state index contributed by atoms with van der Waals surface area (Å²) < 4.78 is 0. The van der Waals surface area contributed by atoms with E-state index >= 15 is 0 Å². The molecular formula is C19H25N3O2. The fraction of sp³-hybridized carbons (Fsp3) is 0.579. The fourth-order valence-corrected chi connectivity index (χ4v) is 4.29. The molecule has 5 heteroatoms. The van der Waals surface area contributed by atoms with Crippen molar-refractivity contribution in [1.29, 1.82) is 0 Å². The van der Waals surface area contributed by atoms with Crippen molar-refractivity contribution in [2.45, 2.75) is 31.7 Å². The predicted molar refractivity (Wildman–Crippen MR) is 93.3 cm³/mol. The Morgan fingerprint density at radius 1 is 1.04 bits per heavy atom.